The first-order valence-electron chi connectivity index (χ1n) is 6.70. The molecule has 5 nitrogen and oxygen atoms in total. The van der Waals surface area contributed by atoms with Crippen LogP contribution in [-0.4, -0.2) is 34.3 Å². The van der Waals surface area contributed by atoms with E-state index in [1.807, 2.05) is 6.07 Å². The molecule has 1 aromatic heterocycles. The molecular weight excluding hydrogens is 256 g/mol. The molecule has 2 aromatic rings. The van der Waals surface area contributed by atoms with Gasteiger partial charge >= 0.3 is 5.97 Å². The second-order valence-electron chi connectivity index (χ2n) is 4.59. The summed E-state index contributed by atoms with van der Waals surface area (Å²) in [4.78, 5) is 15.7. The third kappa shape index (κ3) is 3.45. The maximum atomic E-state index is 11.3. The Bertz CT molecular complexity index is 599. The van der Waals surface area contributed by atoms with Gasteiger partial charge in [-0.3, -0.25) is 0 Å². The Kier molecular flexibility index (Phi) is 4.90. The van der Waals surface area contributed by atoms with E-state index in [1.165, 1.54) is 0 Å². The number of anilines is 1. The van der Waals surface area contributed by atoms with Crippen LogP contribution in [-0.2, 0) is 0 Å². The molecule has 0 unspecified atom stereocenters. The number of pyridine rings is 1. The van der Waals surface area contributed by atoms with Crippen molar-refractivity contribution in [2.24, 2.45) is 0 Å². The summed E-state index contributed by atoms with van der Waals surface area (Å²) in [6, 6.07) is 8.77. The lowest BCUT2D eigenvalue weighted by molar-refractivity contribution is 0.0699. The van der Waals surface area contributed by atoms with E-state index in [2.05, 4.69) is 10.3 Å². The van der Waals surface area contributed by atoms with Crippen molar-refractivity contribution in [3.63, 3.8) is 0 Å². The molecule has 0 fully saturated rings. The number of benzene rings is 1. The fourth-order valence-electron chi connectivity index (χ4n) is 2.07. The first-order valence-corrected chi connectivity index (χ1v) is 6.70. The largest absolute Gasteiger partial charge is 0.478 e. The number of aromatic carboxylic acids is 1. The predicted molar refractivity (Wildman–Crippen MR) is 78.1 cm³/mol. The Hall–Kier alpha value is -2.14. The highest BCUT2D eigenvalue weighted by molar-refractivity contribution is 6.03. The zero-order valence-electron chi connectivity index (χ0n) is 11.2. The zero-order chi connectivity index (χ0) is 14.4. The van der Waals surface area contributed by atoms with Crippen molar-refractivity contribution in [3.05, 3.63) is 35.9 Å². The molecule has 5 heteroatoms. The summed E-state index contributed by atoms with van der Waals surface area (Å²) < 4.78 is 0. The van der Waals surface area contributed by atoms with Crippen molar-refractivity contribution in [2.45, 2.75) is 19.3 Å². The van der Waals surface area contributed by atoms with E-state index in [-0.39, 0.29) is 12.2 Å². The van der Waals surface area contributed by atoms with Crippen molar-refractivity contribution >= 4 is 22.7 Å². The number of nitrogens with one attached hydrogen (secondary N) is 1. The molecule has 0 aliphatic carbocycles. The van der Waals surface area contributed by atoms with E-state index >= 15 is 0 Å². The quantitative estimate of drug-likeness (QED) is 0.676. The maximum absolute atomic E-state index is 11.3. The van der Waals surface area contributed by atoms with E-state index in [0.717, 1.165) is 19.3 Å². The van der Waals surface area contributed by atoms with Crippen molar-refractivity contribution in [1.82, 2.24) is 4.98 Å². The van der Waals surface area contributed by atoms with Crippen molar-refractivity contribution in [1.29, 1.82) is 0 Å². The van der Waals surface area contributed by atoms with Crippen molar-refractivity contribution in [3.8, 4) is 0 Å². The van der Waals surface area contributed by atoms with Gasteiger partial charge in [-0.2, -0.15) is 0 Å². The van der Waals surface area contributed by atoms with Crippen LogP contribution < -0.4 is 5.32 Å². The number of hydrogen-bond donors (Lipinski definition) is 3. The lowest BCUT2D eigenvalue weighted by Gasteiger charge is -2.09. The molecule has 0 aliphatic rings. The van der Waals surface area contributed by atoms with Crippen LogP contribution in [0.1, 0.15) is 29.6 Å². The van der Waals surface area contributed by atoms with Crippen LogP contribution in [0.25, 0.3) is 10.9 Å². The number of rotatable bonds is 7. The topological polar surface area (TPSA) is 82.5 Å². The number of hydrogen-bond acceptors (Lipinski definition) is 4. The van der Waals surface area contributed by atoms with Crippen LogP contribution in [0.5, 0.6) is 0 Å². The van der Waals surface area contributed by atoms with Crippen LogP contribution >= 0.6 is 0 Å². The molecule has 0 bridgehead atoms. The summed E-state index contributed by atoms with van der Waals surface area (Å²) in [5.41, 5.74) is 0.929. The molecule has 20 heavy (non-hydrogen) atoms. The number of carbonyl (C=O) groups is 1. The fraction of sp³-hybridized carbons (Fsp3) is 0.333. The Balaban J connectivity index is 2.15. The minimum Gasteiger partial charge on any atom is -0.478 e. The predicted octanol–water partition coefficient (Wildman–Crippen LogP) is 2.51. The van der Waals surface area contributed by atoms with Gasteiger partial charge < -0.3 is 15.5 Å². The summed E-state index contributed by atoms with van der Waals surface area (Å²) in [5, 5.41) is 21.7. The third-order valence-electron chi connectivity index (χ3n) is 3.09. The molecule has 0 spiro atoms. The lowest BCUT2D eigenvalue weighted by atomic mass is 10.1. The van der Waals surface area contributed by atoms with Crippen molar-refractivity contribution in [2.75, 3.05) is 18.5 Å². The number of aromatic nitrogens is 1. The van der Waals surface area contributed by atoms with Gasteiger partial charge in [-0.25, -0.2) is 9.78 Å². The minimum atomic E-state index is -0.952. The summed E-state index contributed by atoms with van der Waals surface area (Å²) in [7, 11) is 0. The minimum absolute atomic E-state index is 0.206. The highest BCUT2D eigenvalue weighted by atomic mass is 16.4. The monoisotopic (exact) mass is 274 g/mol. The fourth-order valence-corrected chi connectivity index (χ4v) is 2.07. The van der Waals surface area contributed by atoms with Crippen LogP contribution in [0, 0.1) is 0 Å². The third-order valence-corrected chi connectivity index (χ3v) is 3.09. The molecule has 0 aliphatic heterocycles. The molecule has 1 heterocycles. The smallest absolute Gasteiger partial charge is 0.336 e. The molecular formula is C15H18N2O3. The Morgan fingerprint density at radius 2 is 2.00 bits per heavy atom. The molecule has 0 radical (unpaired) electrons. The van der Waals surface area contributed by atoms with Gasteiger partial charge in [0.15, 0.2) is 0 Å². The lowest BCUT2D eigenvalue weighted by Crippen LogP contribution is -2.06. The van der Waals surface area contributed by atoms with Crippen LogP contribution in [0.4, 0.5) is 5.82 Å². The maximum Gasteiger partial charge on any atom is 0.336 e. The van der Waals surface area contributed by atoms with Gasteiger partial charge in [-0.15, -0.1) is 0 Å². The Morgan fingerprint density at radius 1 is 1.20 bits per heavy atom. The summed E-state index contributed by atoms with van der Waals surface area (Å²) in [6.07, 6.45) is 2.63. The molecule has 0 saturated heterocycles. The van der Waals surface area contributed by atoms with Gasteiger partial charge in [0, 0.05) is 18.5 Å². The van der Waals surface area contributed by atoms with Crippen molar-refractivity contribution < 1.29 is 15.0 Å². The molecule has 0 amide bonds. The Labute approximate surface area is 117 Å². The van der Waals surface area contributed by atoms with E-state index in [0.29, 0.717) is 23.3 Å². The number of fused-ring (bicyclic) bond motifs is 1. The first-order chi connectivity index (χ1) is 9.72. The standard InChI is InChI=1S/C15H18N2O3/c18-9-5-1-4-8-16-14-10-12(15(19)20)11-6-2-3-7-13(11)17-14/h2-3,6-7,10,18H,1,4-5,8-9H2,(H,16,17)(H,19,20). The van der Waals surface area contributed by atoms with E-state index in [1.54, 1.807) is 24.3 Å². The van der Waals surface area contributed by atoms with Gasteiger partial charge in [0.2, 0.25) is 0 Å². The highest BCUT2D eigenvalue weighted by Gasteiger charge is 2.11. The zero-order valence-corrected chi connectivity index (χ0v) is 11.2. The number of nitrogens with zero attached hydrogens (tertiary/aromatic N) is 1. The molecule has 0 atom stereocenters. The first kappa shape index (κ1) is 14.3. The van der Waals surface area contributed by atoms with Gasteiger partial charge in [0.25, 0.3) is 0 Å². The van der Waals surface area contributed by atoms with E-state index < -0.39 is 5.97 Å². The van der Waals surface area contributed by atoms with Gasteiger partial charge in [-0.05, 0) is 31.4 Å². The molecule has 1 aromatic carbocycles. The second kappa shape index (κ2) is 6.86. The molecule has 3 N–H and O–H groups in total. The normalized spacial score (nSPS) is 10.7. The van der Waals surface area contributed by atoms with Crippen LogP contribution in [0.15, 0.2) is 30.3 Å². The average Bonchev–Trinajstić information content (AvgIpc) is 2.46. The average molecular weight is 274 g/mol. The van der Waals surface area contributed by atoms with Crippen LogP contribution in [0.2, 0.25) is 0 Å². The SMILES string of the molecule is O=C(O)c1cc(NCCCCCO)nc2ccccc12. The second-order valence-corrected chi connectivity index (χ2v) is 4.59. The Morgan fingerprint density at radius 3 is 2.75 bits per heavy atom. The van der Waals surface area contributed by atoms with Gasteiger partial charge in [0.1, 0.15) is 5.82 Å². The van der Waals surface area contributed by atoms with Crippen LogP contribution in [0.3, 0.4) is 0 Å². The summed E-state index contributed by atoms with van der Waals surface area (Å²) in [6.45, 7) is 0.918. The number of carboxylic acid groups (broad SMARTS) is 1. The molecule has 106 valence electrons. The van der Waals surface area contributed by atoms with Gasteiger partial charge in [-0.1, -0.05) is 18.2 Å². The number of unbranched alkanes of at least 4 members (excludes halogenated alkanes) is 2. The van der Waals surface area contributed by atoms with E-state index in [9.17, 15) is 9.90 Å². The number of carboxylic acids is 1. The number of para-hydroxylation sites is 1. The molecule has 2 rings (SSSR count). The summed E-state index contributed by atoms with van der Waals surface area (Å²) in [5.74, 6) is -0.378. The van der Waals surface area contributed by atoms with E-state index in [4.69, 9.17) is 5.11 Å². The summed E-state index contributed by atoms with van der Waals surface area (Å²) >= 11 is 0. The highest BCUT2D eigenvalue weighted by Crippen LogP contribution is 2.20. The van der Waals surface area contributed by atoms with Gasteiger partial charge in [0.05, 0.1) is 11.1 Å². The molecule has 0 saturated carbocycles. The number of aliphatic hydroxyl groups excluding tert-OH is 1. The number of aliphatic hydroxyl groups is 1.